The van der Waals surface area contributed by atoms with Crippen LogP contribution in [0.5, 0.6) is 5.75 Å². The van der Waals surface area contributed by atoms with E-state index in [2.05, 4.69) is 25.2 Å². The number of nitrogens with one attached hydrogen (secondary N) is 1. The van der Waals surface area contributed by atoms with Gasteiger partial charge in [-0.25, -0.2) is 0 Å². The van der Waals surface area contributed by atoms with E-state index in [1.165, 1.54) is 5.56 Å². The van der Waals surface area contributed by atoms with Crippen LogP contribution in [-0.4, -0.2) is 29.1 Å². The van der Waals surface area contributed by atoms with E-state index in [0.717, 1.165) is 11.3 Å². The van der Waals surface area contributed by atoms with Crippen LogP contribution in [0.25, 0.3) is 0 Å². The second-order valence-corrected chi connectivity index (χ2v) is 7.34. The van der Waals surface area contributed by atoms with Gasteiger partial charge in [0.25, 0.3) is 5.91 Å². The number of carboxylic acid groups (broad SMARTS) is 1. The minimum absolute atomic E-state index is 0.0391. The van der Waals surface area contributed by atoms with Gasteiger partial charge in [0, 0.05) is 6.04 Å². The van der Waals surface area contributed by atoms with Gasteiger partial charge in [-0.15, -0.1) is 0 Å². The average molecular weight is 347 g/mol. The molecule has 1 fully saturated rings. The highest BCUT2D eigenvalue weighted by atomic mass is 16.5. The lowest BCUT2D eigenvalue weighted by Gasteiger charge is -2.28. The fourth-order valence-corrected chi connectivity index (χ4v) is 3.15. The van der Waals surface area contributed by atoms with E-state index in [4.69, 9.17) is 9.84 Å². The zero-order valence-electron chi connectivity index (χ0n) is 15.5. The predicted molar refractivity (Wildman–Crippen MR) is 96.9 cm³/mol. The first-order valence-corrected chi connectivity index (χ1v) is 9.08. The van der Waals surface area contributed by atoms with Crippen molar-refractivity contribution in [3.05, 3.63) is 29.3 Å². The van der Waals surface area contributed by atoms with Gasteiger partial charge in [0.1, 0.15) is 5.75 Å². The third-order valence-electron chi connectivity index (χ3n) is 4.97. The van der Waals surface area contributed by atoms with E-state index in [1.807, 2.05) is 19.1 Å². The Bertz CT molecular complexity index is 618. The number of hydrogen-bond donors (Lipinski definition) is 2. The van der Waals surface area contributed by atoms with Crippen LogP contribution in [0.4, 0.5) is 0 Å². The topological polar surface area (TPSA) is 75.6 Å². The Labute approximate surface area is 149 Å². The number of rotatable bonds is 6. The Kier molecular flexibility index (Phi) is 6.45. The SMILES string of the molecule is Cc1ccc(C(C)C)cc1OC(C)C(=O)NC1CCC(C(=O)O)CC1. The lowest BCUT2D eigenvalue weighted by molar-refractivity contribution is -0.142. The fourth-order valence-electron chi connectivity index (χ4n) is 3.15. The molecule has 0 heterocycles. The van der Waals surface area contributed by atoms with Gasteiger partial charge in [-0.05, 0) is 62.6 Å². The minimum atomic E-state index is -0.734. The summed E-state index contributed by atoms with van der Waals surface area (Å²) in [6, 6.07) is 6.14. The van der Waals surface area contributed by atoms with Crippen LogP contribution in [-0.2, 0) is 9.59 Å². The summed E-state index contributed by atoms with van der Waals surface area (Å²) in [6.45, 7) is 7.97. The predicted octanol–water partition coefficient (Wildman–Crippen LogP) is 3.65. The van der Waals surface area contributed by atoms with E-state index in [-0.39, 0.29) is 17.9 Å². The molecule has 1 aliphatic carbocycles. The smallest absolute Gasteiger partial charge is 0.306 e. The maximum Gasteiger partial charge on any atom is 0.306 e. The summed E-state index contributed by atoms with van der Waals surface area (Å²) in [6.07, 6.45) is 2.06. The molecule has 138 valence electrons. The van der Waals surface area contributed by atoms with E-state index in [9.17, 15) is 9.59 Å². The van der Waals surface area contributed by atoms with Gasteiger partial charge in [-0.1, -0.05) is 26.0 Å². The third-order valence-corrected chi connectivity index (χ3v) is 4.97. The molecule has 1 amide bonds. The van der Waals surface area contributed by atoms with Crippen LogP contribution in [0.15, 0.2) is 18.2 Å². The number of carbonyl (C=O) groups is 2. The largest absolute Gasteiger partial charge is 0.481 e. The minimum Gasteiger partial charge on any atom is -0.481 e. The van der Waals surface area contributed by atoms with Crippen LogP contribution < -0.4 is 10.1 Å². The quantitative estimate of drug-likeness (QED) is 0.824. The van der Waals surface area contributed by atoms with E-state index in [1.54, 1.807) is 6.92 Å². The van der Waals surface area contributed by atoms with Gasteiger partial charge in [0.2, 0.25) is 0 Å². The van der Waals surface area contributed by atoms with E-state index in [0.29, 0.717) is 31.6 Å². The number of ether oxygens (including phenoxy) is 1. The maximum atomic E-state index is 12.4. The van der Waals surface area contributed by atoms with Crippen LogP contribution in [0.1, 0.15) is 63.5 Å². The first-order valence-electron chi connectivity index (χ1n) is 9.08. The normalized spacial score (nSPS) is 21.6. The molecule has 1 unspecified atom stereocenters. The van der Waals surface area contributed by atoms with Crippen molar-refractivity contribution < 1.29 is 19.4 Å². The van der Waals surface area contributed by atoms with Crippen molar-refractivity contribution in [3.63, 3.8) is 0 Å². The van der Waals surface area contributed by atoms with Crippen molar-refractivity contribution in [1.29, 1.82) is 0 Å². The monoisotopic (exact) mass is 347 g/mol. The molecule has 0 saturated heterocycles. The van der Waals surface area contributed by atoms with Gasteiger partial charge in [0.15, 0.2) is 6.10 Å². The number of hydrogen-bond acceptors (Lipinski definition) is 3. The van der Waals surface area contributed by atoms with Crippen molar-refractivity contribution in [1.82, 2.24) is 5.32 Å². The summed E-state index contributed by atoms with van der Waals surface area (Å²) in [5.41, 5.74) is 2.19. The lowest BCUT2D eigenvalue weighted by Crippen LogP contribution is -2.44. The molecule has 0 radical (unpaired) electrons. The van der Waals surface area contributed by atoms with Crippen molar-refractivity contribution in [2.75, 3.05) is 0 Å². The van der Waals surface area contributed by atoms with Gasteiger partial charge in [-0.2, -0.15) is 0 Å². The van der Waals surface area contributed by atoms with Gasteiger partial charge >= 0.3 is 5.97 Å². The molecule has 2 rings (SSSR count). The van der Waals surface area contributed by atoms with Crippen molar-refractivity contribution in [2.24, 2.45) is 5.92 Å². The van der Waals surface area contributed by atoms with Crippen LogP contribution in [0.2, 0.25) is 0 Å². The lowest BCUT2D eigenvalue weighted by atomic mass is 9.86. The number of carboxylic acids is 1. The molecule has 5 heteroatoms. The number of benzene rings is 1. The summed E-state index contributed by atoms with van der Waals surface area (Å²) in [5, 5.41) is 12.0. The van der Waals surface area contributed by atoms with E-state index >= 15 is 0 Å². The number of carbonyl (C=O) groups excluding carboxylic acids is 1. The Morgan fingerprint density at radius 1 is 1.16 bits per heavy atom. The summed E-state index contributed by atoms with van der Waals surface area (Å²) >= 11 is 0. The molecule has 2 N–H and O–H groups in total. The maximum absolute atomic E-state index is 12.4. The Balaban J connectivity index is 1.91. The zero-order chi connectivity index (χ0) is 18.6. The third kappa shape index (κ3) is 5.21. The van der Waals surface area contributed by atoms with Crippen LogP contribution >= 0.6 is 0 Å². The molecular weight excluding hydrogens is 318 g/mol. The molecule has 1 aromatic carbocycles. The molecule has 1 aliphatic rings. The zero-order valence-corrected chi connectivity index (χ0v) is 15.5. The molecule has 0 aliphatic heterocycles. The second kappa shape index (κ2) is 8.37. The molecule has 1 saturated carbocycles. The first-order chi connectivity index (χ1) is 11.8. The standard InChI is InChI=1S/C20H29NO4/c1-12(2)16-6-5-13(3)18(11-16)25-14(4)19(22)21-17-9-7-15(8-10-17)20(23)24/h5-6,11-12,14-15,17H,7-10H2,1-4H3,(H,21,22)(H,23,24). The van der Waals surface area contributed by atoms with Crippen molar-refractivity contribution in [2.45, 2.75) is 71.4 Å². The van der Waals surface area contributed by atoms with Crippen LogP contribution in [0, 0.1) is 12.8 Å². The van der Waals surface area contributed by atoms with Gasteiger partial charge in [-0.3, -0.25) is 9.59 Å². The van der Waals surface area contributed by atoms with Crippen molar-refractivity contribution in [3.8, 4) is 5.75 Å². The van der Waals surface area contributed by atoms with Gasteiger partial charge in [0.05, 0.1) is 5.92 Å². The summed E-state index contributed by atoms with van der Waals surface area (Å²) in [7, 11) is 0. The summed E-state index contributed by atoms with van der Waals surface area (Å²) < 4.78 is 5.89. The molecule has 1 aromatic rings. The molecule has 0 bridgehead atoms. The second-order valence-electron chi connectivity index (χ2n) is 7.34. The van der Waals surface area contributed by atoms with Crippen molar-refractivity contribution >= 4 is 11.9 Å². The molecular formula is C20H29NO4. The molecule has 0 aromatic heterocycles. The fraction of sp³-hybridized carbons (Fsp3) is 0.600. The number of amides is 1. The van der Waals surface area contributed by atoms with Crippen LogP contribution in [0.3, 0.4) is 0 Å². The molecule has 1 atom stereocenters. The Morgan fingerprint density at radius 3 is 2.36 bits per heavy atom. The highest BCUT2D eigenvalue weighted by molar-refractivity contribution is 5.81. The highest BCUT2D eigenvalue weighted by Crippen LogP contribution is 2.26. The molecule has 5 nitrogen and oxygen atoms in total. The highest BCUT2D eigenvalue weighted by Gasteiger charge is 2.28. The number of aliphatic carboxylic acids is 1. The first kappa shape index (κ1) is 19.3. The Morgan fingerprint density at radius 2 is 1.80 bits per heavy atom. The Hall–Kier alpha value is -2.04. The molecule has 25 heavy (non-hydrogen) atoms. The van der Waals surface area contributed by atoms with Gasteiger partial charge < -0.3 is 15.2 Å². The summed E-state index contributed by atoms with van der Waals surface area (Å²) in [4.78, 5) is 23.4. The molecule has 0 spiro atoms. The number of aryl methyl sites for hydroxylation is 1. The average Bonchev–Trinajstić information content (AvgIpc) is 2.57. The summed E-state index contributed by atoms with van der Waals surface area (Å²) in [5.74, 6) is -0.0155. The van der Waals surface area contributed by atoms with E-state index < -0.39 is 12.1 Å².